The molecule has 114 valence electrons. The lowest BCUT2D eigenvalue weighted by Gasteiger charge is -2.20. The van der Waals surface area contributed by atoms with E-state index in [-0.39, 0.29) is 5.91 Å². The van der Waals surface area contributed by atoms with Crippen LogP contribution in [-0.2, 0) is 4.79 Å². The van der Waals surface area contributed by atoms with Crippen molar-refractivity contribution in [3.8, 4) is 5.69 Å². The maximum Gasteiger partial charge on any atom is 0.326 e. The third kappa shape index (κ3) is 2.76. The number of rotatable bonds is 3. The quantitative estimate of drug-likeness (QED) is 0.907. The average Bonchev–Trinajstić information content (AvgIpc) is 3.17. The highest BCUT2D eigenvalue weighted by atomic mass is 79.9. The van der Waals surface area contributed by atoms with Gasteiger partial charge in [0.05, 0.1) is 17.4 Å². The first kappa shape index (κ1) is 14.8. The summed E-state index contributed by atoms with van der Waals surface area (Å²) >= 11 is 3.37. The molecule has 6 nitrogen and oxygen atoms in total. The number of hydrogen-bond acceptors (Lipinski definition) is 3. The summed E-state index contributed by atoms with van der Waals surface area (Å²) in [5.41, 5.74) is 1.23. The molecule has 1 aliphatic rings. The predicted molar refractivity (Wildman–Crippen MR) is 83.0 cm³/mol. The molecule has 0 radical (unpaired) electrons. The Morgan fingerprint density at radius 2 is 2.00 bits per heavy atom. The zero-order chi connectivity index (χ0) is 15.7. The van der Waals surface area contributed by atoms with Crippen LogP contribution in [0.4, 0.5) is 0 Å². The van der Waals surface area contributed by atoms with Crippen molar-refractivity contribution in [3.05, 3.63) is 46.7 Å². The Morgan fingerprint density at radius 3 is 2.68 bits per heavy atom. The summed E-state index contributed by atoms with van der Waals surface area (Å²) in [6.45, 7) is 0.471. The molecule has 1 aromatic carbocycles. The van der Waals surface area contributed by atoms with Gasteiger partial charge in [0, 0.05) is 17.2 Å². The number of amides is 1. The molecule has 1 aromatic heterocycles. The Hall–Kier alpha value is -2.15. The van der Waals surface area contributed by atoms with Crippen LogP contribution in [0.1, 0.15) is 23.2 Å². The van der Waals surface area contributed by atoms with Crippen molar-refractivity contribution in [3.63, 3.8) is 0 Å². The SMILES string of the molecule is O=C(O)[C@@H]1CCCN1C(=O)c1cnn(-c2ccc(Br)cc2)c1. The van der Waals surface area contributed by atoms with Crippen LogP contribution in [0.2, 0.25) is 0 Å². The number of nitrogens with zero attached hydrogens (tertiary/aromatic N) is 3. The van der Waals surface area contributed by atoms with Gasteiger partial charge >= 0.3 is 5.97 Å². The molecule has 1 N–H and O–H groups in total. The second-order valence-corrected chi connectivity index (χ2v) is 6.06. The van der Waals surface area contributed by atoms with Crippen LogP contribution in [0, 0.1) is 0 Å². The van der Waals surface area contributed by atoms with E-state index in [0.717, 1.165) is 10.2 Å². The molecule has 3 rings (SSSR count). The number of aromatic nitrogens is 2. The first-order valence-corrected chi connectivity index (χ1v) is 7.70. The summed E-state index contributed by atoms with van der Waals surface area (Å²) in [6.07, 6.45) is 4.32. The Labute approximate surface area is 135 Å². The molecular formula is C15H14BrN3O3. The minimum absolute atomic E-state index is 0.284. The summed E-state index contributed by atoms with van der Waals surface area (Å²) in [6, 6.07) is 6.80. The van der Waals surface area contributed by atoms with Crippen molar-refractivity contribution in [2.24, 2.45) is 0 Å². The van der Waals surface area contributed by atoms with E-state index in [2.05, 4.69) is 21.0 Å². The van der Waals surface area contributed by atoms with E-state index in [0.29, 0.717) is 24.9 Å². The van der Waals surface area contributed by atoms with Crippen LogP contribution in [0.25, 0.3) is 5.69 Å². The molecule has 2 aromatic rings. The standard InChI is InChI=1S/C15H14BrN3O3/c16-11-3-5-12(6-4-11)19-9-10(8-17-19)14(20)18-7-1-2-13(18)15(21)22/h3-6,8-9,13H,1-2,7H2,(H,21,22)/t13-/m0/s1. The number of carbonyl (C=O) groups excluding carboxylic acids is 1. The number of likely N-dealkylation sites (tertiary alicyclic amines) is 1. The van der Waals surface area contributed by atoms with E-state index >= 15 is 0 Å². The lowest BCUT2D eigenvalue weighted by molar-refractivity contribution is -0.141. The van der Waals surface area contributed by atoms with Gasteiger partial charge in [-0.15, -0.1) is 0 Å². The van der Waals surface area contributed by atoms with Gasteiger partial charge in [-0.1, -0.05) is 15.9 Å². The van der Waals surface area contributed by atoms with Crippen LogP contribution in [0.3, 0.4) is 0 Å². The number of carboxylic acid groups (broad SMARTS) is 1. The van der Waals surface area contributed by atoms with Crippen molar-refractivity contribution in [1.29, 1.82) is 0 Å². The lowest BCUT2D eigenvalue weighted by atomic mass is 10.2. The van der Waals surface area contributed by atoms with Crippen molar-refractivity contribution in [2.45, 2.75) is 18.9 Å². The average molecular weight is 364 g/mol. The maximum atomic E-state index is 12.5. The van der Waals surface area contributed by atoms with E-state index in [9.17, 15) is 9.59 Å². The third-order valence-electron chi connectivity index (χ3n) is 3.72. The first-order chi connectivity index (χ1) is 10.6. The largest absolute Gasteiger partial charge is 0.480 e. The van der Waals surface area contributed by atoms with E-state index in [1.165, 1.54) is 11.1 Å². The molecule has 0 saturated carbocycles. The molecule has 1 amide bonds. The highest BCUT2D eigenvalue weighted by Crippen LogP contribution is 2.21. The van der Waals surface area contributed by atoms with Crippen molar-refractivity contribution in [2.75, 3.05) is 6.54 Å². The Balaban J connectivity index is 1.82. The topological polar surface area (TPSA) is 75.4 Å². The van der Waals surface area contributed by atoms with Gasteiger partial charge in [-0.25, -0.2) is 9.48 Å². The van der Waals surface area contributed by atoms with Gasteiger partial charge in [0.15, 0.2) is 0 Å². The molecule has 0 bridgehead atoms. The fourth-order valence-corrected chi connectivity index (χ4v) is 2.86. The van der Waals surface area contributed by atoms with Gasteiger partial charge in [-0.3, -0.25) is 4.79 Å². The smallest absolute Gasteiger partial charge is 0.326 e. The summed E-state index contributed by atoms with van der Waals surface area (Å²) in [5, 5.41) is 13.4. The van der Waals surface area contributed by atoms with Crippen LogP contribution in [0.5, 0.6) is 0 Å². The molecule has 0 spiro atoms. The number of hydrogen-bond donors (Lipinski definition) is 1. The van der Waals surface area contributed by atoms with Crippen LogP contribution >= 0.6 is 15.9 Å². The van der Waals surface area contributed by atoms with Gasteiger partial charge in [-0.2, -0.15) is 5.10 Å². The summed E-state index contributed by atoms with van der Waals surface area (Å²) in [4.78, 5) is 25.1. The second-order valence-electron chi connectivity index (χ2n) is 5.14. The Morgan fingerprint density at radius 1 is 1.27 bits per heavy atom. The highest BCUT2D eigenvalue weighted by Gasteiger charge is 2.34. The number of carboxylic acids is 1. The van der Waals surface area contributed by atoms with Gasteiger partial charge in [0.1, 0.15) is 6.04 Å². The Bertz CT molecular complexity index is 711. The molecule has 1 saturated heterocycles. The fraction of sp³-hybridized carbons (Fsp3) is 0.267. The fourth-order valence-electron chi connectivity index (χ4n) is 2.60. The number of aliphatic carboxylic acids is 1. The zero-order valence-corrected chi connectivity index (χ0v) is 13.2. The highest BCUT2D eigenvalue weighted by molar-refractivity contribution is 9.10. The Kier molecular flexibility index (Phi) is 3.98. The van der Waals surface area contributed by atoms with Gasteiger partial charge in [0.2, 0.25) is 0 Å². The van der Waals surface area contributed by atoms with Crippen molar-refractivity contribution < 1.29 is 14.7 Å². The lowest BCUT2D eigenvalue weighted by Crippen LogP contribution is -2.40. The second kappa shape index (κ2) is 5.92. The monoisotopic (exact) mass is 363 g/mol. The molecule has 0 unspecified atom stereocenters. The predicted octanol–water partition coefficient (Wildman–Crippen LogP) is 2.32. The van der Waals surface area contributed by atoms with Crippen LogP contribution in [0.15, 0.2) is 41.1 Å². The third-order valence-corrected chi connectivity index (χ3v) is 4.25. The summed E-state index contributed by atoms with van der Waals surface area (Å²) in [5.74, 6) is -1.24. The van der Waals surface area contributed by atoms with E-state index < -0.39 is 12.0 Å². The maximum absolute atomic E-state index is 12.5. The minimum Gasteiger partial charge on any atom is -0.480 e. The van der Waals surface area contributed by atoms with Crippen LogP contribution in [-0.4, -0.2) is 44.3 Å². The van der Waals surface area contributed by atoms with Gasteiger partial charge in [-0.05, 0) is 37.1 Å². The van der Waals surface area contributed by atoms with E-state index in [1.807, 2.05) is 24.3 Å². The van der Waals surface area contributed by atoms with Gasteiger partial charge < -0.3 is 10.0 Å². The molecule has 1 aliphatic heterocycles. The van der Waals surface area contributed by atoms with Crippen molar-refractivity contribution >= 4 is 27.8 Å². The molecule has 0 aliphatic carbocycles. The summed E-state index contributed by atoms with van der Waals surface area (Å²) < 4.78 is 2.56. The molecular weight excluding hydrogens is 350 g/mol. The van der Waals surface area contributed by atoms with Crippen molar-refractivity contribution in [1.82, 2.24) is 14.7 Å². The first-order valence-electron chi connectivity index (χ1n) is 6.90. The number of benzene rings is 1. The van der Waals surface area contributed by atoms with E-state index in [4.69, 9.17) is 5.11 Å². The van der Waals surface area contributed by atoms with Gasteiger partial charge in [0.25, 0.3) is 5.91 Å². The van der Waals surface area contributed by atoms with E-state index in [1.54, 1.807) is 10.9 Å². The normalized spacial score (nSPS) is 17.7. The molecule has 22 heavy (non-hydrogen) atoms. The summed E-state index contributed by atoms with van der Waals surface area (Å²) in [7, 11) is 0. The molecule has 1 fully saturated rings. The molecule has 7 heteroatoms. The number of carbonyl (C=O) groups is 2. The zero-order valence-electron chi connectivity index (χ0n) is 11.6. The number of halogens is 1. The molecule has 1 atom stereocenters. The molecule has 2 heterocycles. The van der Waals surface area contributed by atoms with Crippen LogP contribution < -0.4 is 0 Å². The minimum atomic E-state index is -0.953.